The molecule has 35 heavy (non-hydrogen) atoms. The van der Waals surface area contributed by atoms with Crippen LogP contribution in [0.4, 0.5) is 5.69 Å². The summed E-state index contributed by atoms with van der Waals surface area (Å²) in [5.74, 6) is -0.317. The Kier molecular flexibility index (Phi) is 7.93. The Hall–Kier alpha value is -3.10. The van der Waals surface area contributed by atoms with Crippen molar-refractivity contribution in [3.8, 4) is 0 Å². The van der Waals surface area contributed by atoms with Crippen LogP contribution in [0, 0.1) is 0 Å². The Labute approximate surface area is 210 Å². The molecule has 0 aromatic heterocycles. The van der Waals surface area contributed by atoms with Crippen LogP contribution >= 0.6 is 11.6 Å². The molecule has 2 aromatic rings. The second kappa shape index (κ2) is 11.1. The third kappa shape index (κ3) is 5.44. The molecule has 2 fully saturated rings. The van der Waals surface area contributed by atoms with E-state index in [-0.39, 0.29) is 24.3 Å². The van der Waals surface area contributed by atoms with Crippen LogP contribution in [0.3, 0.4) is 0 Å². The number of methoxy groups -OCH3 is 1. The maximum atomic E-state index is 13.7. The van der Waals surface area contributed by atoms with Crippen molar-refractivity contribution in [3.05, 3.63) is 65.2 Å². The Morgan fingerprint density at radius 1 is 1.06 bits per heavy atom. The van der Waals surface area contributed by atoms with Gasteiger partial charge in [0.05, 0.1) is 6.67 Å². The SMILES string of the molecule is COCCCNC(=O)CN1CN(c2ccccc2)C2(CCN(C(=O)c3ccc(Cl)cc3)CC2)C1=O. The molecule has 9 heteroatoms. The number of anilines is 1. The molecule has 0 bridgehead atoms. The molecule has 8 nitrogen and oxygen atoms in total. The van der Waals surface area contributed by atoms with Gasteiger partial charge in [-0.1, -0.05) is 29.8 Å². The summed E-state index contributed by atoms with van der Waals surface area (Å²) in [6.07, 6.45) is 1.70. The van der Waals surface area contributed by atoms with Gasteiger partial charge < -0.3 is 24.8 Å². The van der Waals surface area contributed by atoms with E-state index in [0.29, 0.717) is 62.8 Å². The van der Waals surface area contributed by atoms with Gasteiger partial charge in [-0.25, -0.2) is 0 Å². The molecule has 2 heterocycles. The summed E-state index contributed by atoms with van der Waals surface area (Å²) >= 11 is 5.96. The Bertz CT molecular complexity index is 1040. The third-order valence-electron chi connectivity index (χ3n) is 6.73. The van der Waals surface area contributed by atoms with Crippen molar-refractivity contribution < 1.29 is 19.1 Å². The molecule has 1 spiro atoms. The van der Waals surface area contributed by atoms with E-state index in [2.05, 4.69) is 10.2 Å². The zero-order valence-corrected chi connectivity index (χ0v) is 20.7. The topological polar surface area (TPSA) is 82.2 Å². The number of hydrogen-bond acceptors (Lipinski definition) is 5. The van der Waals surface area contributed by atoms with Gasteiger partial charge in [0.2, 0.25) is 5.91 Å². The first kappa shape index (κ1) is 25.0. The molecule has 1 N–H and O–H groups in total. The number of para-hydroxylation sites is 1. The summed E-state index contributed by atoms with van der Waals surface area (Å²) < 4.78 is 5.01. The number of nitrogens with zero attached hydrogens (tertiary/aromatic N) is 3. The predicted octanol–water partition coefficient (Wildman–Crippen LogP) is 2.77. The summed E-state index contributed by atoms with van der Waals surface area (Å²) in [6, 6.07) is 16.6. The smallest absolute Gasteiger partial charge is 0.253 e. The molecule has 0 unspecified atom stereocenters. The van der Waals surface area contributed by atoms with Crippen molar-refractivity contribution >= 4 is 35.0 Å². The highest BCUT2D eigenvalue weighted by molar-refractivity contribution is 6.30. The number of halogens is 1. The minimum Gasteiger partial charge on any atom is -0.385 e. The minimum atomic E-state index is -0.783. The highest BCUT2D eigenvalue weighted by atomic mass is 35.5. The van der Waals surface area contributed by atoms with Gasteiger partial charge >= 0.3 is 0 Å². The molecule has 0 atom stereocenters. The Balaban J connectivity index is 1.48. The second-order valence-electron chi connectivity index (χ2n) is 8.94. The number of likely N-dealkylation sites (tertiary alicyclic amines) is 1. The lowest BCUT2D eigenvalue weighted by molar-refractivity contribution is -0.137. The van der Waals surface area contributed by atoms with E-state index < -0.39 is 5.54 Å². The number of carbonyl (C=O) groups is 3. The number of piperidine rings is 1. The van der Waals surface area contributed by atoms with E-state index >= 15 is 0 Å². The van der Waals surface area contributed by atoms with Crippen molar-refractivity contribution in [1.29, 1.82) is 0 Å². The maximum absolute atomic E-state index is 13.7. The van der Waals surface area contributed by atoms with E-state index in [1.54, 1.807) is 41.2 Å². The van der Waals surface area contributed by atoms with Crippen LogP contribution in [-0.2, 0) is 14.3 Å². The molecule has 2 aliphatic heterocycles. The van der Waals surface area contributed by atoms with E-state index in [4.69, 9.17) is 16.3 Å². The van der Waals surface area contributed by atoms with Crippen LogP contribution in [-0.4, -0.2) is 79.6 Å². The van der Waals surface area contributed by atoms with Gasteiger partial charge in [-0.2, -0.15) is 0 Å². The summed E-state index contributed by atoms with van der Waals surface area (Å²) in [4.78, 5) is 44.8. The zero-order valence-electron chi connectivity index (χ0n) is 19.9. The van der Waals surface area contributed by atoms with Gasteiger partial charge in [0, 0.05) is 49.6 Å². The second-order valence-corrected chi connectivity index (χ2v) is 9.37. The Morgan fingerprint density at radius 3 is 2.40 bits per heavy atom. The van der Waals surface area contributed by atoms with Crippen molar-refractivity contribution in [1.82, 2.24) is 15.1 Å². The number of nitrogens with one attached hydrogen (secondary N) is 1. The van der Waals surface area contributed by atoms with Crippen LogP contribution in [0.15, 0.2) is 54.6 Å². The quantitative estimate of drug-likeness (QED) is 0.566. The fourth-order valence-corrected chi connectivity index (χ4v) is 4.98. The van der Waals surface area contributed by atoms with Gasteiger partial charge in [0.1, 0.15) is 12.1 Å². The molecule has 2 aliphatic rings. The molecule has 3 amide bonds. The summed E-state index contributed by atoms with van der Waals surface area (Å²) in [6.45, 7) is 2.31. The summed E-state index contributed by atoms with van der Waals surface area (Å²) in [7, 11) is 1.62. The first-order chi connectivity index (χ1) is 16.9. The molecular formula is C26H31ClN4O4. The summed E-state index contributed by atoms with van der Waals surface area (Å²) in [5, 5.41) is 3.44. The first-order valence-electron chi connectivity index (χ1n) is 11.9. The molecular weight excluding hydrogens is 468 g/mol. The van der Waals surface area contributed by atoms with Crippen LogP contribution in [0.2, 0.25) is 5.02 Å². The number of hydrogen-bond donors (Lipinski definition) is 1. The monoisotopic (exact) mass is 498 g/mol. The van der Waals surface area contributed by atoms with Crippen molar-refractivity contribution in [2.45, 2.75) is 24.8 Å². The lowest BCUT2D eigenvalue weighted by Gasteiger charge is -2.43. The van der Waals surface area contributed by atoms with Crippen LogP contribution in [0.1, 0.15) is 29.6 Å². The predicted molar refractivity (Wildman–Crippen MR) is 134 cm³/mol. The van der Waals surface area contributed by atoms with Gasteiger partial charge in [-0.05, 0) is 55.7 Å². The zero-order chi connectivity index (χ0) is 24.8. The van der Waals surface area contributed by atoms with Crippen LogP contribution in [0.5, 0.6) is 0 Å². The number of ether oxygens (including phenoxy) is 1. The van der Waals surface area contributed by atoms with Crippen molar-refractivity contribution in [2.24, 2.45) is 0 Å². The average Bonchev–Trinajstić information content (AvgIpc) is 3.14. The first-order valence-corrected chi connectivity index (χ1v) is 12.2. The Morgan fingerprint density at radius 2 is 1.74 bits per heavy atom. The fourth-order valence-electron chi connectivity index (χ4n) is 4.85. The number of rotatable bonds is 8. The molecule has 0 radical (unpaired) electrons. The van der Waals surface area contributed by atoms with Crippen LogP contribution < -0.4 is 10.2 Å². The normalized spacial score (nSPS) is 17.2. The minimum absolute atomic E-state index is 0.00428. The van der Waals surface area contributed by atoms with E-state index in [1.807, 2.05) is 30.3 Å². The van der Waals surface area contributed by atoms with Crippen molar-refractivity contribution in [3.63, 3.8) is 0 Å². The molecule has 186 valence electrons. The number of amides is 3. The third-order valence-corrected chi connectivity index (χ3v) is 6.98. The van der Waals surface area contributed by atoms with E-state index in [9.17, 15) is 14.4 Å². The van der Waals surface area contributed by atoms with E-state index in [0.717, 1.165) is 5.69 Å². The lowest BCUT2D eigenvalue weighted by Crippen LogP contribution is -2.57. The molecule has 2 saturated heterocycles. The van der Waals surface area contributed by atoms with Crippen molar-refractivity contribution in [2.75, 3.05) is 51.5 Å². The largest absolute Gasteiger partial charge is 0.385 e. The highest BCUT2D eigenvalue weighted by Crippen LogP contribution is 2.39. The van der Waals surface area contributed by atoms with Gasteiger partial charge in [0.25, 0.3) is 11.8 Å². The lowest BCUT2D eigenvalue weighted by atomic mass is 9.85. The molecule has 0 aliphatic carbocycles. The standard InChI is InChI=1S/C26H31ClN4O4/c1-35-17-5-14-28-23(32)18-30-19-31(22-6-3-2-4-7-22)26(25(30)34)12-15-29(16-13-26)24(33)20-8-10-21(27)11-9-20/h2-4,6-11H,5,12-19H2,1H3,(H,28,32). The van der Waals surface area contributed by atoms with E-state index in [1.165, 1.54) is 0 Å². The van der Waals surface area contributed by atoms with Gasteiger partial charge in [0.15, 0.2) is 0 Å². The highest BCUT2D eigenvalue weighted by Gasteiger charge is 2.54. The summed E-state index contributed by atoms with van der Waals surface area (Å²) in [5.41, 5.74) is 0.727. The average molecular weight is 499 g/mol. The van der Waals surface area contributed by atoms with Gasteiger partial charge in [-0.3, -0.25) is 14.4 Å². The molecule has 4 rings (SSSR count). The van der Waals surface area contributed by atoms with Crippen LogP contribution in [0.25, 0.3) is 0 Å². The van der Waals surface area contributed by atoms with Gasteiger partial charge in [-0.15, -0.1) is 0 Å². The molecule has 2 aromatic carbocycles. The number of benzene rings is 2. The number of carbonyl (C=O) groups excluding carboxylic acids is 3. The molecule has 0 saturated carbocycles. The maximum Gasteiger partial charge on any atom is 0.253 e. The fraction of sp³-hybridized carbons (Fsp3) is 0.423.